The number of hydrogen-bond donors (Lipinski definition) is 0. The second kappa shape index (κ2) is 6.09. The highest BCUT2D eigenvalue weighted by Gasteiger charge is 2.18. The van der Waals surface area contributed by atoms with Gasteiger partial charge >= 0.3 is 0 Å². The molecule has 0 saturated carbocycles. The summed E-state index contributed by atoms with van der Waals surface area (Å²) < 4.78 is 0. The maximum absolute atomic E-state index is 4.85. The molecule has 2 aliphatic heterocycles. The number of nitrogens with zero attached hydrogens (tertiary/aromatic N) is 3. The van der Waals surface area contributed by atoms with Gasteiger partial charge in [0.15, 0.2) is 0 Å². The fraction of sp³-hybridized carbons (Fsp3) is 0.562. The highest BCUT2D eigenvalue weighted by Crippen LogP contribution is 2.20. The first-order valence-electron chi connectivity index (χ1n) is 7.24. The van der Waals surface area contributed by atoms with E-state index in [4.69, 9.17) is 4.99 Å². The lowest BCUT2D eigenvalue weighted by Gasteiger charge is -2.26. The van der Waals surface area contributed by atoms with Gasteiger partial charge in [-0.1, -0.05) is 18.6 Å². The predicted molar refractivity (Wildman–Crippen MR) is 81.9 cm³/mol. The number of allylic oxidation sites excluding steroid dienone is 3. The van der Waals surface area contributed by atoms with E-state index in [9.17, 15) is 0 Å². The number of rotatable bonds is 2. The van der Waals surface area contributed by atoms with Crippen molar-refractivity contribution in [3.05, 3.63) is 35.3 Å². The molecule has 0 aromatic carbocycles. The van der Waals surface area contributed by atoms with E-state index in [1.807, 2.05) is 0 Å². The van der Waals surface area contributed by atoms with Crippen LogP contribution in [0.2, 0.25) is 0 Å². The smallest absolute Gasteiger partial charge is 0.137 e. The van der Waals surface area contributed by atoms with Crippen molar-refractivity contribution >= 4 is 5.84 Å². The van der Waals surface area contributed by atoms with E-state index in [1.165, 1.54) is 24.0 Å². The molecule has 3 heteroatoms. The highest BCUT2D eigenvalue weighted by molar-refractivity contribution is 5.94. The Morgan fingerprint density at radius 3 is 2.63 bits per heavy atom. The van der Waals surface area contributed by atoms with Crippen LogP contribution in [0.5, 0.6) is 0 Å². The third-order valence-electron chi connectivity index (χ3n) is 3.81. The summed E-state index contributed by atoms with van der Waals surface area (Å²) in [7, 11) is 2.06. The third-order valence-corrected chi connectivity index (χ3v) is 3.81. The van der Waals surface area contributed by atoms with Crippen molar-refractivity contribution in [3.8, 4) is 0 Å². The molecular formula is C16H25N3. The van der Waals surface area contributed by atoms with Crippen molar-refractivity contribution in [2.45, 2.75) is 40.0 Å². The second-order valence-corrected chi connectivity index (χ2v) is 5.44. The number of aliphatic imine (C=N–C) groups is 1. The van der Waals surface area contributed by atoms with Crippen molar-refractivity contribution < 1.29 is 0 Å². The SMILES string of the molecule is CC/C(C)=C\C(C)=C1\N=C(N2CCCC2)C=CN1C. The molecule has 0 bridgehead atoms. The molecule has 2 heterocycles. The zero-order valence-corrected chi connectivity index (χ0v) is 12.6. The summed E-state index contributed by atoms with van der Waals surface area (Å²) in [5, 5.41) is 0. The first-order valence-corrected chi connectivity index (χ1v) is 7.24. The first kappa shape index (κ1) is 13.9. The predicted octanol–water partition coefficient (Wildman–Crippen LogP) is 3.53. The summed E-state index contributed by atoms with van der Waals surface area (Å²) in [6.07, 6.45) is 10.2. The Balaban J connectivity index is 2.27. The molecule has 0 aromatic heterocycles. The molecule has 0 spiro atoms. The van der Waals surface area contributed by atoms with Crippen molar-refractivity contribution in [2.24, 2.45) is 4.99 Å². The fourth-order valence-electron chi connectivity index (χ4n) is 2.50. The van der Waals surface area contributed by atoms with Crippen LogP contribution in [0.1, 0.15) is 40.0 Å². The summed E-state index contributed by atoms with van der Waals surface area (Å²) in [6.45, 7) is 8.79. The van der Waals surface area contributed by atoms with Crippen LogP contribution >= 0.6 is 0 Å². The quantitative estimate of drug-likeness (QED) is 0.755. The monoisotopic (exact) mass is 259 g/mol. The van der Waals surface area contributed by atoms with Crippen molar-refractivity contribution in [3.63, 3.8) is 0 Å². The molecule has 1 fully saturated rings. The molecule has 3 nitrogen and oxygen atoms in total. The Hall–Kier alpha value is -1.51. The maximum Gasteiger partial charge on any atom is 0.137 e. The Morgan fingerprint density at radius 2 is 2.00 bits per heavy atom. The van der Waals surface area contributed by atoms with Crippen LogP contribution in [-0.2, 0) is 0 Å². The standard InChI is InChI=1S/C16H25N3/c1-5-13(2)12-14(3)16-17-15(8-11-18(16)4)19-9-6-7-10-19/h8,11-12H,5-7,9-10H2,1-4H3/b13-12-,16-14-. The van der Waals surface area contributed by atoms with E-state index in [0.29, 0.717) is 0 Å². The molecule has 2 aliphatic rings. The molecule has 0 aliphatic carbocycles. The van der Waals surface area contributed by atoms with Gasteiger partial charge in [0.2, 0.25) is 0 Å². The van der Waals surface area contributed by atoms with E-state index in [1.54, 1.807) is 0 Å². The molecule has 19 heavy (non-hydrogen) atoms. The average molecular weight is 259 g/mol. The van der Waals surface area contributed by atoms with Gasteiger partial charge in [-0.25, -0.2) is 4.99 Å². The van der Waals surface area contributed by atoms with Crippen LogP contribution < -0.4 is 0 Å². The highest BCUT2D eigenvalue weighted by atomic mass is 15.3. The van der Waals surface area contributed by atoms with E-state index in [-0.39, 0.29) is 0 Å². The van der Waals surface area contributed by atoms with Gasteiger partial charge < -0.3 is 9.80 Å². The van der Waals surface area contributed by atoms with Crippen molar-refractivity contribution in [1.82, 2.24) is 9.80 Å². The topological polar surface area (TPSA) is 18.8 Å². The van der Waals surface area contributed by atoms with Crippen LogP contribution in [0.25, 0.3) is 0 Å². The Morgan fingerprint density at radius 1 is 1.32 bits per heavy atom. The molecule has 0 unspecified atom stereocenters. The normalized spacial score (nSPS) is 22.9. The van der Waals surface area contributed by atoms with Crippen molar-refractivity contribution in [2.75, 3.05) is 20.1 Å². The zero-order valence-electron chi connectivity index (χ0n) is 12.6. The molecule has 104 valence electrons. The van der Waals surface area contributed by atoms with E-state index >= 15 is 0 Å². The lowest BCUT2D eigenvalue weighted by Crippen LogP contribution is -2.30. The summed E-state index contributed by atoms with van der Waals surface area (Å²) in [6, 6.07) is 0. The largest absolute Gasteiger partial charge is 0.357 e. The lowest BCUT2D eigenvalue weighted by molar-refractivity contribution is 0.497. The van der Waals surface area contributed by atoms with Gasteiger partial charge in [-0.3, -0.25) is 0 Å². The van der Waals surface area contributed by atoms with Gasteiger partial charge in [0, 0.05) is 26.3 Å². The number of likely N-dealkylation sites (tertiary alicyclic amines) is 1. The third kappa shape index (κ3) is 3.28. The minimum absolute atomic E-state index is 1.07. The van der Waals surface area contributed by atoms with Crippen molar-refractivity contribution in [1.29, 1.82) is 0 Å². The summed E-state index contributed by atoms with van der Waals surface area (Å²) in [5.41, 5.74) is 2.63. The Kier molecular flexibility index (Phi) is 4.46. The second-order valence-electron chi connectivity index (χ2n) is 5.44. The van der Waals surface area contributed by atoms with Gasteiger partial charge in [-0.05, 0) is 44.8 Å². The Labute approximate surface area is 117 Å². The minimum atomic E-state index is 1.07. The number of hydrogen-bond acceptors (Lipinski definition) is 3. The summed E-state index contributed by atoms with van der Waals surface area (Å²) in [5.74, 6) is 2.18. The molecule has 0 N–H and O–H groups in total. The first-order chi connectivity index (χ1) is 9.11. The van der Waals surface area contributed by atoms with Crippen LogP contribution in [0.15, 0.2) is 40.3 Å². The van der Waals surface area contributed by atoms with E-state index in [0.717, 1.165) is 31.2 Å². The van der Waals surface area contributed by atoms with E-state index in [2.05, 4.69) is 56.0 Å². The van der Waals surface area contributed by atoms with Crippen LogP contribution in [0.3, 0.4) is 0 Å². The van der Waals surface area contributed by atoms with Crippen LogP contribution in [0, 0.1) is 0 Å². The summed E-state index contributed by atoms with van der Waals surface area (Å²) >= 11 is 0. The molecule has 2 rings (SSSR count). The van der Waals surface area contributed by atoms with Gasteiger partial charge in [-0.15, -0.1) is 0 Å². The minimum Gasteiger partial charge on any atom is -0.357 e. The molecule has 0 radical (unpaired) electrons. The molecule has 0 aromatic rings. The van der Waals surface area contributed by atoms with Gasteiger partial charge in [0.05, 0.1) is 0 Å². The van der Waals surface area contributed by atoms with Crippen LogP contribution in [-0.4, -0.2) is 35.8 Å². The average Bonchev–Trinajstić information content (AvgIpc) is 2.93. The van der Waals surface area contributed by atoms with Gasteiger partial charge in [0.1, 0.15) is 11.7 Å². The van der Waals surface area contributed by atoms with Gasteiger partial charge in [0.25, 0.3) is 0 Å². The molecule has 0 atom stereocenters. The molecule has 0 amide bonds. The zero-order chi connectivity index (χ0) is 13.8. The Bertz CT molecular complexity index is 449. The maximum atomic E-state index is 4.85. The van der Waals surface area contributed by atoms with Crippen LogP contribution in [0.4, 0.5) is 0 Å². The summed E-state index contributed by atoms with van der Waals surface area (Å²) in [4.78, 5) is 9.34. The fourth-order valence-corrected chi connectivity index (χ4v) is 2.50. The number of amidine groups is 1. The lowest BCUT2D eigenvalue weighted by atomic mass is 10.1. The van der Waals surface area contributed by atoms with E-state index < -0.39 is 0 Å². The van der Waals surface area contributed by atoms with Gasteiger partial charge in [-0.2, -0.15) is 0 Å². The molecular weight excluding hydrogens is 234 g/mol. The molecule has 1 saturated heterocycles.